The number of nitrogens with one attached hydrogen (secondary N) is 3. The van der Waals surface area contributed by atoms with Crippen LogP contribution in [0.4, 0.5) is 0 Å². The number of hydrogen-bond donors (Lipinski definition) is 4. The molecule has 1 atom stereocenters. The van der Waals surface area contributed by atoms with Crippen molar-refractivity contribution in [2.24, 2.45) is 0 Å². The lowest BCUT2D eigenvalue weighted by Crippen LogP contribution is -2.44. The Morgan fingerprint density at radius 1 is 1.30 bits per heavy atom. The lowest BCUT2D eigenvalue weighted by molar-refractivity contribution is -0.139. The van der Waals surface area contributed by atoms with Crippen molar-refractivity contribution in [3.8, 4) is 0 Å². The highest BCUT2D eigenvalue weighted by molar-refractivity contribution is 5.97. The van der Waals surface area contributed by atoms with E-state index in [4.69, 9.17) is 0 Å². The number of carboxylic acid groups (broad SMARTS) is 1. The van der Waals surface area contributed by atoms with Crippen molar-refractivity contribution in [1.29, 1.82) is 0 Å². The summed E-state index contributed by atoms with van der Waals surface area (Å²) < 4.78 is 0. The maximum Gasteiger partial charge on any atom is 0.326 e. The van der Waals surface area contributed by atoms with E-state index in [0.29, 0.717) is 17.0 Å². The Hall–Kier alpha value is -2.90. The van der Waals surface area contributed by atoms with Gasteiger partial charge in [0.25, 0.3) is 11.5 Å². The Balaban J connectivity index is 2.28. The third kappa shape index (κ3) is 3.47. The van der Waals surface area contributed by atoms with Gasteiger partial charge in [-0.3, -0.25) is 9.59 Å². The number of aryl methyl sites for hydroxylation is 1. The Bertz CT molecular complexity index is 793. The van der Waals surface area contributed by atoms with Gasteiger partial charge in [-0.25, -0.2) is 9.78 Å². The highest BCUT2D eigenvalue weighted by atomic mass is 16.4. The molecule has 0 aliphatic rings. The number of nitrogens with zero attached hydrogens (tertiary/aromatic N) is 1. The van der Waals surface area contributed by atoms with Crippen LogP contribution in [0.1, 0.15) is 32.9 Å². The fraction of sp³-hybridized carbons (Fsp3) is 0.333. The van der Waals surface area contributed by atoms with Gasteiger partial charge in [-0.05, 0) is 31.9 Å². The maximum absolute atomic E-state index is 12.4. The Morgan fingerprint density at radius 3 is 2.57 bits per heavy atom. The van der Waals surface area contributed by atoms with Gasteiger partial charge >= 0.3 is 5.97 Å². The summed E-state index contributed by atoms with van der Waals surface area (Å²) in [6.07, 6.45) is 2.95. The summed E-state index contributed by atoms with van der Waals surface area (Å²) in [6, 6.07) is -1.16. The zero-order chi connectivity index (χ0) is 17.1. The molecule has 4 N–H and O–H groups in total. The van der Waals surface area contributed by atoms with Crippen molar-refractivity contribution in [3.05, 3.63) is 51.0 Å². The first-order valence-electron chi connectivity index (χ1n) is 7.02. The van der Waals surface area contributed by atoms with Crippen LogP contribution in [-0.2, 0) is 11.2 Å². The second-order valence-corrected chi connectivity index (χ2v) is 5.35. The average molecular weight is 318 g/mol. The van der Waals surface area contributed by atoms with Gasteiger partial charge < -0.3 is 20.4 Å². The van der Waals surface area contributed by atoms with E-state index in [1.54, 1.807) is 20.8 Å². The molecule has 23 heavy (non-hydrogen) atoms. The number of rotatable bonds is 5. The Morgan fingerprint density at radius 2 is 2.00 bits per heavy atom. The van der Waals surface area contributed by atoms with E-state index in [2.05, 4.69) is 20.3 Å². The third-order valence-electron chi connectivity index (χ3n) is 3.84. The van der Waals surface area contributed by atoms with Crippen LogP contribution >= 0.6 is 0 Å². The summed E-state index contributed by atoms with van der Waals surface area (Å²) in [4.78, 5) is 44.9. The Kier molecular flexibility index (Phi) is 4.63. The zero-order valence-electron chi connectivity index (χ0n) is 13.1. The lowest BCUT2D eigenvalue weighted by atomic mass is 10.0. The predicted molar refractivity (Wildman–Crippen MR) is 82.5 cm³/mol. The molecule has 0 radical (unpaired) electrons. The molecule has 8 heteroatoms. The van der Waals surface area contributed by atoms with Crippen LogP contribution in [0.25, 0.3) is 0 Å². The van der Waals surface area contributed by atoms with Gasteiger partial charge in [0, 0.05) is 24.0 Å². The first kappa shape index (κ1) is 16.5. The second-order valence-electron chi connectivity index (χ2n) is 5.35. The molecule has 0 bridgehead atoms. The van der Waals surface area contributed by atoms with Gasteiger partial charge in [0.1, 0.15) is 11.6 Å². The molecule has 8 nitrogen and oxygen atoms in total. The molecule has 0 aliphatic heterocycles. The van der Waals surface area contributed by atoms with Crippen LogP contribution in [0.15, 0.2) is 17.3 Å². The van der Waals surface area contributed by atoms with Gasteiger partial charge in [-0.15, -0.1) is 0 Å². The van der Waals surface area contributed by atoms with Gasteiger partial charge in [0.05, 0.1) is 6.33 Å². The van der Waals surface area contributed by atoms with Crippen LogP contribution in [0.3, 0.4) is 0 Å². The van der Waals surface area contributed by atoms with E-state index in [-0.39, 0.29) is 12.0 Å². The Labute approximate surface area is 132 Å². The van der Waals surface area contributed by atoms with Crippen molar-refractivity contribution in [1.82, 2.24) is 20.3 Å². The van der Waals surface area contributed by atoms with E-state index in [1.807, 2.05) is 0 Å². The smallest absolute Gasteiger partial charge is 0.326 e. The number of aromatic nitrogens is 3. The zero-order valence-corrected chi connectivity index (χ0v) is 13.1. The number of H-pyrrole nitrogens is 2. The number of hydrogen-bond acceptors (Lipinski definition) is 4. The summed E-state index contributed by atoms with van der Waals surface area (Å²) in [6.45, 7) is 5.19. The SMILES string of the molecule is Cc1[nH]c(=O)c(C(=O)N[C@@H](Cc2cnc[nH]2)C(=O)O)c(C)c1C. The molecule has 2 aromatic heterocycles. The first-order valence-corrected chi connectivity index (χ1v) is 7.02. The minimum atomic E-state index is -1.19. The minimum Gasteiger partial charge on any atom is -0.480 e. The first-order chi connectivity index (χ1) is 10.8. The van der Waals surface area contributed by atoms with Gasteiger partial charge in [0.15, 0.2) is 0 Å². The molecule has 2 rings (SSSR count). The number of aliphatic carboxylic acids is 1. The largest absolute Gasteiger partial charge is 0.480 e. The molecular weight excluding hydrogens is 300 g/mol. The average Bonchev–Trinajstić information content (AvgIpc) is 2.97. The topological polar surface area (TPSA) is 128 Å². The quantitative estimate of drug-likeness (QED) is 0.636. The summed E-state index contributed by atoms with van der Waals surface area (Å²) in [5.41, 5.74) is 1.97. The molecule has 0 saturated heterocycles. The number of pyridine rings is 1. The van der Waals surface area contributed by atoms with Crippen molar-refractivity contribution in [3.63, 3.8) is 0 Å². The van der Waals surface area contributed by atoms with Crippen LogP contribution in [0.2, 0.25) is 0 Å². The molecule has 0 saturated carbocycles. The van der Waals surface area contributed by atoms with Gasteiger partial charge in [-0.2, -0.15) is 0 Å². The van der Waals surface area contributed by atoms with Crippen molar-refractivity contribution in [2.75, 3.05) is 0 Å². The van der Waals surface area contributed by atoms with E-state index in [9.17, 15) is 19.5 Å². The molecule has 0 spiro atoms. The lowest BCUT2D eigenvalue weighted by Gasteiger charge is -2.15. The molecule has 0 aliphatic carbocycles. The maximum atomic E-state index is 12.4. The molecule has 122 valence electrons. The molecule has 2 heterocycles. The van der Waals surface area contributed by atoms with E-state index in [1.165, 1.54) is 12.5 Å². The summed E-state index contributed by atoms with van der Waals surface area (Å²) in [5.74, 6) is -1.90. The molecular formula is C15H18N4O4. The third-order valence-corrected chi connectivity index (χ3v) is 3.84. The van der Waals surface area contributed by atoms with E-state index < -0.39 is 23.5 Å². The number of aromatic amines is 2. The van der Waals surface area contributed by atoms with Crippen LogP contribution < -0.4 is 10.9 Å². The van der Waals surface area contributed by atoms with E-state index >= 15 is 0 Å². The fourth-order valence-electron chi connectivity index (χ4n) is 2.29. The summed E-state index contributed by atoms with van der Waals surface area (Å²) in [5, 5.41) is 11.7. The van der Waals surface area contributed by atoms with Gasteiger partial charge in [0.2, 0.25) is 0 Å². The summed E-state index contributed by atoms with van der Waals surface area (Å²) >= 11 is 0. The fourth-order valence-corrected chi connectivity index (χ4v) is 2.29. The molecule has 2 aromatic rings. The van der Waals surface area contributed by atoms with E-state index in [0.717, 1.165) is 5.56 Å². The van der Waals surface area contributed by atoms with Crippen LogP contribution in [-0.4, -0.2) is 38.0 Å². The van der Waals surface area contributed by atoms with Crippen LogP contribution in [0.5, 0.6) is 0 Å². The highest BCUT2D eigenvalue weighted by Crippen LogP contribution is 2.12. The molecule has 0 aromatic carbocycles. The standard InChI is InChI=1S/C15H18N4O4/c1-7-8(2)12(13(20)18-9(7)3)14(21)19-11(15(22)23)4-10-5-16-6-17-10/h5-6,11H,4H2,1-3H3,(H,16,17)(H,18,20)(H,19,21)(H,22,23)/t11-/m0/s1. The number of carbonyl (C=O) groups is 2. The molecule has 1 amide bonds. The minimum absolute atomic E-state index is 0.0445. The summed E-state index contributed by atoms with van der Waals surface area (Å²) in [7, 11) is 0. The van der Waals surface area contributed by atoms with Crippen molar-refractivity contribution >= 4 is 11.9 Å². The van der Waals surface area contributed by atoms with Crippen molar-refractivity contribution in [2.45, 2.75) is 33.2 Å². The van der Waals surface area contributed by atoms with Gasteiger partial charge in [-0.1, -0.05) is 0 Å². The number of amides is 1. The van der Waals surface area contributed by atoms with Crippen LogP contribution in [0, 0.1) is 20.8 Å². The second kappa shape index (κ2) is 6.47. The number of carboxylic acids is 1. The normalized spacial score (nSPS) is 12.0. The molecule has 0 unspecified atom stereocenters. The number of carbonyl (C=O) groups excluding carboxylic acids is 1. The highest BCUT2D eigenvalue weighted by Gasteiger charge is 2.24. The predicted octanol–water partition coefficient (Wildman–Crippen LogP) is 0.449. The van der Waals surface area contributed by atoms with Crippen molar-refractivity contribution < 1.29 is 14.7 Å². The monoisotopic (exact) mass is 318 g/mol. The number of imidazole rings is 1. The molecule has 0 fully saturated rings.